The van der Waals surface area contributed by atoms with Crippen LogP contribution in [0.4, 0.5) is 29.3 Å². The van der Waals surface area contributed by atoms with Gasteiger partial charge in [-0.2, -0.15) is 13.2 Å². The molecular formula is C24H18F3N3O4. The van der Waals surface area contributed by atoms with Gasteiger partial charge in [0.1, 0.15) is 6.54 Å². The number of nitrogens with one attached hydrogen (secondary N) is 2. The largest absolute Gasteiger partial charge is 0.480 e. The lowest BCUT2D eigenvalue weighted by molar-refractivity contribution is -0.138. The highest BCUT2D eigenvalue weighted by molar-refractivity contribution is 6.01. The van der Waals surface area contributed by atoms with Crippen molar-refractivity contribution in [3.63, 3.8) is 0 Å². The van der Waals surface area contributed by atoms with E-state index in [4.69, 9.17) is 5.11 Å². The van der Waals surface area contributed by atoms with Crippen LogP contribution >= 0.6 is 0 Å². The third-order valence-electron chi connectivity index (χ3n) is 5.23. The molecule has 0 unspecified atom stereocenters. The van der Waals surface area contributed by atoms with Crippen LogP contribution < -0.4 is 10.6 Å². The second kappa shape index (κ2) is 8.89. The minimum Gasteiger partial charge on any atom is -0.480 e. The van der Waals surface area contributed by atoms with E-state index in [-0.39, 0.29) is 24.7 Å². The Balaban J connectivity index is 1.42. The number of carbonyl (C=O) groups is 3. The summed E-state index contributed by atoms with van der Waals surface area (Å²) in [6.07, 6.45) is -4.51. The number of anilines is 2. The summed E-state index contributed by atoms with van der Waals surface area (Å²) in [6.45, 7) is -0.157. The Kier molecular flexibility index (Phi) is 5.97. The first-order valence-electron chi connectivity index (χ1n) is 10.1. The minimum absolute atomic E-state index is 0.00794. The Labute approximate surface area is 191 Å². The minimum atomic E-state index is -4.51. The number of amides is 3. The van der Waals surface area contributed by atoms with Gasteiger partial charge in [0.05, 0.1) is 5.56 Å². The molecule has 3 aromatic carbocycles. The molecule has 0 atom stereocenters. The molecular weight excluding hydrogens is 451 g/mol. The fourth-order valence-electron chi connectivity index (χ4n) is 3.66. The average Bonchev–Trinajstić information content (AvgIpc) is 3.08. The van der Waals surface area contributed by atoms with Crippen molar-refractivity contribution in [1.82, 2.24) is 4.90 Å². The number of alkyl halides is 3. The summed E-state index contributed by atoms with van der Waals surface area (Å²) in [5.41, 5.74) is 2.38. The quantitative estimate of drug-likeness (QED) is 0.487. The number of urea groups is 1. The Hall–Kier alpha value is -4.34. The molecule has 1 aliphatic heterocycles. The summed E-state index contributed by atoms with van der Waals surface area (Å²) < 4.78 is 38.5. The van der Waals surface area contributed by atoms with Gasteiger partial charge in [0.2, 0.25) is 0 Å². The maximum absolute atomic E-state index is 12.8. The van der Waals surface area contributed by atoms with E-state index < -0.39 is 23.7 Å². The summed E-state index contributed by atoms with van der Waals surface area (Å²) in [5, 5.41) is 13.9. The maximum Gasteiger partial charge on any atom is 0.416 e. The highest BCUT2D eigenvalue weighted by Gasteiger charge is 2.30. The van der Waals surface area contributed by atoms with Crippen LogP contribution in [0.25, 0.3) is 11.1 Å². The number of hydrogen-bond donors (Lipinski definition) is 3. The lowest BCUT2D eigenvalue weighted by atomic mass is 10.0. The van der Waals surface area contributed by atoms with Crippen molar-refractivity contribution in [3.05, 3.63) is 83.4 Å². The van der Waals surface area contributed by atoms with Gasteiger partial charge in [-0.05, 0) is 59.2 Å². The molecule has 10 heteroatoms. The van der Waals surface area contributed by atoms with E-state index in [0.29, 0.717) is 11.3 Å². The van der Waals surface area contributed by atoms with Gasteiger partial charge in [0.15, 0.2) is 0 Å². The van der Waals surface area contributed by atoms with Crippen molar-refractivity contribution in [2.75, 3.05) is 17.2 Å². The number of carboxylic acids is 1. The molecule has 3 aromatic rings. The average molecular weight is 469 g/mol. The molecule has 0 bridgehead atoms. The van der Waals surface area contributed by atoms with Crippen molar-refractivity contribution in [2.45, 2.75) is 12.7 Å². The van der Waals surface area contributed by atoms with Crippen LogP contribution in [0.3, 0.4) is 0 Å². The highest BCUT2D eigenvalue weighted by atomic mass is 19.4. The second-order valence-electron chi connectivity index (χ2n) is 7.66. The Morgan fingerprint density at radius 1 is 0.912 bits per heavy atom. The van der Waals surface area contributed by atoms with Crippen LogP contribution in [0.2, 0.25) is 0 Å². The van der Waals surface area contributed by atoms with Crippen molar-refractivity contribution < 1.29 is 32.7 Å². The molecule has 3 N–H and O–H groups in total. The van der Waals surface area contributed by atoms with Gasteiger partial charge in [0, 0.05) is 23.5 Å². The van der Waals surface area contributed by atoms with E-state index >= 15 is 0 Å². The lowest BCUT2D eigenvalue weighted by Gasteiger charge is -2.11. The van der Waals surface area contributed by atoms with Gasteiger partial charge < -0.3 is 20.6 Å². The zero-order valence-corrected chi connectivity index (χ0v) is 17.5. The molecule has 0 saturated carbocycles. The monoisotopic (exact) mass is 469 g/mol. The summed E-state index contributed by atoms with van der Waals surface area (Å²) >= 11 is 0. The molecule has 34 heavy (non-hydrogen) atoms. The molecule has 1 heterocycles. The summed E-state index contributed by atoms with van der Waals surface area (Å²) in [6, 6.07) is 15.6. The number of aliphatic carboxylic acids is 1. The third-order valence-corrected chi connectivity index (χ3v) is 5.23. The zero-order valence-electron chi connectivity index (χ0n) is 17.5. The first-order chi connectivity index (χ1) is 16.1. The molecule has 0 aromatic heterocycles. The van der Waals surface area contributed by atoms with Crippen LogP contribution in [0.1, 0.15) is 21.5 Å². The number of fused-ring (bicyclic) bond motifs is 1. The highest BCUT2D eigenvalue weighted by Crippen LogP contribution is 2.31. The first-order valence-corrected chi connectivity index (χ1v) is 10.1. The first kappa shape index (κ1) is 22.8. The molecule has 1 aliphatic rings. The molecule has 3 amide bonds. The Bertz CT molecular complexity index is 1270. The van der Waals surface area contributed by atoms with Gasteiger partial charge in [0.25, 0.3) is 5.91 Å². The zero-order chi connectivity index (χ0) is 24.5. The molecule has 0 spiro atoms. The molecule has 4 rings (SSSR count). The fourth-order valence-corrected chi connectivity index (χ4v) is 3.66. The number of benzene rings is 3. The van der Waals surface area contributed by atoms with Crippen LogP contribution in [-0.2, 0) is 17.5 Å². The fraction of sp³-hybridized carbons (Fsp3) is 0.125. The van der Waals surface area contributed by atoms with E-state index in [2.05, 4.69) is 10.6 Å². The van der Waals surface area contributed by atoms with E-state index in [1.165, 1.54) is 17.0 Å². The summed E-state index contributed by atoms with van der Waals surface area (Å²) in [7, 11) is 0. The summed E-state index contributed by atoms with van der Waals surface area (Å²) in [5.74, 6) is -1.41. The van der Waals surface area contributed by atoms with E-state index in [0.717, 1.165) is 28.8 Å². The van der Waals surface area contributed by atoms with Gasteiger partial charge in [-0.1, -0.05) is 24.3 Å². The van der Waals surface area contributed by atoms with Crippen molar-refractivity contribution in [2.24, 2.45) is 0 Å². The van der Waals surface area contributed by atoms with E-state index in [1.807, 2.05) is 6.07 Å². The van der Waals surface area contributed by atoms with Crippen molar-refractivity contribution in [1.29, 1.82) is 0 Å². The molecule has 7 nitrogen and oxygen atoms in total. The normalized spacial score (nSPS) is 12.9. The molecule has 0 fully saturated rings. The van der Waals surface area contributed by atoms with Crippen LogP contribution in [0.5, 0.6) is 0 Å². The lowest BCUT2D eigenvalue weighted by Crippen LogP contribution is -2.29. The van der Waals surface area contributed by atoms with E-state index in [9.17, 15) is 27.6 Å². The summed E-state index contributed by atoms with van der Waals surface area (Å²) in [4.78, 5) is 36.7. The number of rotatable bonds is 5. The van der Waals surface area contributed by atoms with Gasteiger partial charge in [-0.3, -0.25) is 9.59 Å². The maximum atomic E-state index is 12.8. The molecule has 0 aliphatic carbocycles. The number of halogens is 3. The topological polar surface area (TPSA) is 98.7 Å². The van der Waals surface area contributed by atoms with Crippen LogP contribution in [-0.4, -0.2) is 34.5 Å². The SMILES string of the molecule is O=C(O)CN1Cc2cc(-c3ccc(NC(=O)Nc4cccc(C(F)(F)F)c4)cc3)ccc2C1=O. The standard InChI is InChI=1S/C24H18F3N3O4/c25-24(26,27)17-2-1-3-19(11-17)29-23(34)28-18-7-4-14(5-8-18)15-6-9-20-16(10-15)12-30(22(20)33)13-21(31)32/h1-11H,12-13H2,(H,31,32)(H2,28,29,34). The van der Waals surface area contributed by atoms with Crippen molar-refractivity contribution in [3.8, 4) is 11.1 Å². The predicted octanol–water partition coefficient (Wildman–Crippen LogP) is 5.06. The number of carboxylic acid groups (broad SMARTS) is 1. The van der Waals surface area contributed by atoms with Crippen molar-refractivity contribution >= 4 is 29.3 Å². The van der Waals surface area contributed by atoms with E-state index in [1.54, 1.807) is 36.4 Å². The number of hydrogen-bond acceptors (Lipinski definition) is 3. The molecule has 174 valence electrons. The Morgan fingerprint density at radius 3 is 2.26 bits per heavy atom. The molecule has 0 radical (unpaired) electrons. The Morgan fingerprint density at radius 2 is 1.59 bits per heavy atom. The molecule has 0 saturated heterocycles. The second-order valence-corrected chi connectivity index (χ2v) is 7.66. The van der Waals surface area contributed by atoms with Gasteiger partial charge in [-0.25, -0.2) is 4.79 Å². The predicted molar refractivity (Wildman–Crippen MR) is 118 cm³/mol. The smallest absolute Gasteiger partial charge is 0.416 e. The number of carbonyl (C=O) groups excluding carboxylic acids is 2. The van der Waals surface area contributed by atoms with Gasteiger partial charge in [-0.15, -0.1) is 0 Å². The third kappa shape index (κ3) is 5.01. The number of nitrogens with zero attached hydrogens (tertiary/aromatic N) is 1. The van der Waals surface area contributed by atoms with Crippen LogP contribution in [0.15, 0.2) is 66.7 Å². The van der Waals surface area contributed by atoms with Crippen LogP contribution in [0, 0.1) is 0 Å². The van der Waals surface area contributed by atoms with Gasteiger partial charge >= 0.3 is 18.2 Å².